The maximum absolute atomic E-state index is 12.0. The molecule has 0 radical (unpaired) electrons. The molecule has 0 aliphatic heterocycles. The van der Waals surface area contributed by atoms with E-state index in [4.69, 9.17) is 5.26 Å². The Labute approximate surface area is 84.9 Å². The zero-order valence-electron chi connectivity index (χ0n) is 7.93. The summed E-state index contributed by atoms with van der Waals surface area (Å²) in [5.41, 5.74) is 0.885. The Morgan fingerprint density at radius 1 is 1.40 bits per heavy atom. The second-order valence-electron chi connectivity index (χ2n) is 2.92. The molecule has 5 heteroatoms. The van der Waals surface area contributed by atoms with Gasteiger partial charge in [-0.2, -0.15) is 5.26 Å². The molecular formula is C10H8F3NO. The number of rotatable bonds is 2. The van der Waals surface area contributed by atoms with Gasteiger partial charge in [-0.3, -0.25) is 0 Å². The fourth-order valence-corrected chi connectivity index (χ4v) is 1.17. The number of halogens is 3. The summed E-state index contributed by atoms with van der Waals surface area (Å²) in [4.78, 5) is 0. The van der Waals surface area contributed by atoms with E-state index in [1.165, 1.54) is 19.1 Å². The highest BCUT2D eigenvalue weighted by molar-refractivity contribution is 5.40. The highest BCUT2D eigenvalue weighted by Gasteiger charge is 2.31. The monoisotopic (exact) mass is 215 g/mol. The molecule has 0 fully saturated rings. The van der Waals surface area contributed by atoms with E-state index >= 15 is 0 Å². The Kier molecular flexibility index (Phi) is 3.20. The number of benzene rings is 1. The molecule has 0 N–H and O–H groups in total. The van der Waals surface area contributed by atoms with Gasteiger partial charge in [0.2, 0.25) is 0 Å². The molecule has 0 heterocycles. The van der Waals surface area contributed by atoms with Crippen molar-refractivity contribution in [3.05, 3.63) is 29.3 Å². The summed E-state index contributed by atoms with van der Waals surface area (Å²) in [6.07, 6.45) is -4.63. The summed E-state index contributed by atoms with van der Waals surface area (Å²) >= 11 is 0. The van der Waals surface area contributed by atoms with Crippen LogP contribution in [0.5, 0.6) is 5.75 Å². The van der Waals surface area contributed by atoms with Crippen LogP contribution in [0.1, 0.15) is 11.1 Å². The van der Waals surface area contributed by atoms with Crippen LogP contribution in [0.2, 0.25) is 0 Å². The third-order valence-corrected chi connectivity index (χ3v) is 1.89. The molecule has 80 valence electrons. The van der Waals surface area contributed by atoms with Crippen molar-refractivity contribution in [3.8, 4) is 11.8 Å². The molecule has 0 saturated heterocycles. The van der Waals surface area contributed by atoms with Crippen LogP contribution in [-0.2, 0) is 6.42 Å². The number of hydrogen-bond donors (Lipinski definition) is 0. The molecule has 0 atom stereocenters. The van der Waals surface area contributed by atoms with Gasteiger partial charge in [-0.1, -0.05) is 12.1 Å². The molecule has 0 amide bonds. The molecular weight excluding hydrogens is 207 g/mol. The first-order valence-corrected chi connectivity index (χ1v) is 4.15. The Hall–Kier alpha value is -1.70. The van der Waals surface area contributed by atoms with Crippen LogP contribution in [0, 0.1) is 18.3 Å². The molecule has 0 spiro atoms. The number of nitrogens with zero attached hydrogens (tertiary/aromatic N) is 1. The SMILES string of the molecule is Cc1c(CC#N)cccc1OC(F)(F)F. The Bertz CT molecular complexity index is 393. The van der Waals surface area contributed by atoms with Gasteiger partial charge in [0.05, 0.1) is 12.5 Å². The third-order valence-electron chi connectivity index (χ3n) is 1.89. The molecule has 1 rings (SSSR count). The second kappa shape index (κ2) is 4.22. The minimum atomic E-state index is -4.70. The first-order valence-electron chi connectivity index (χ1n) is 4.15. The van der Waals surface area contributed by atoms with Crippen LogP contribution < -0.4 is 4.74 Å². The average Bonchev–Trinajstić information content (AvgIpc) is 2.10. The topological polar surface area (TPSA) is 33.0 Å². The van der Waals surface area contributed by atoms with E-state index in [2.05, 4.69) is 4.74 Å². The quantitative estimate of drug-likeness (QED) is 0.759. The van der Waals surface area contributed by atoms with Gasteiger partial charge in [-0.25, -0.2) is 0 Å². The molecule has 1 aromatic carbocycles. The van der Waals surface area contributed by atoms with E-state index in [0.29, 0.717) is 11.1 Å². The molecule has 15 heavy (non-hydrogen) atoms. The van der Waals surface area contributed by atoms with Crippen LogP contribution >= 0.6 is 0 Å². The molecule has 0 bridgehead atoms. The minimum Gasteiger partial charge on any atom is -0.406 e. The number of hydrogen-bond acceptors (Lipinski definition) is 2. The highest BCUT2D eigenvalue weighted by Crippen LogP contribution is 2.27. The lowest BCUT2D eigenvalue weighted by molar-refractivity contribution is -0.274. The molecule has 0 aromatic heterocycles. The minimum absolute atomic E-state index is 0.0703. The van der Waals surface area contributed by atoms with Crippen molar-refractivity contribution >= 4 is 0 Å². The van der Waals surface area contributed by atoms with Crippen molar-refractivity contribution in [2.24, 2.45) is 0 Å². The Morgan fingerprint density at radius 2 is 2.07 bits per heavy atom. The lowest BCUT2D eigenvalue weighted by atomic mass is 10.1. The summed E-state index contributed by atoms with van der Waals surface area (Å²) in [5, 5.41) is 8.45. The first kappa shape index (κ1) is 11.4. The third kappa shape index (κ3) is 3.17. The van der Waals surface area contributed by atoms with Gasteiger partial charge < -0.3 is 4.74 Å². The zero-order valence-corrected chi connectivity index (χ0v) is 7.93. The summed E-state index contributed by atoms with van der Waals surface area (Å²) in [6.45, 7) is 1.49. The van der Waals surface area contributed by atoms with Gasteiger partial charge in [0, 0.05) is 0 Å². The van der Waals surface area contributed by atoms with Crippen LogP contribution in [0.25, 0.3) is 0 Å². The van der Waals surface area contributed by atoms with Crippen LogP contribution in [0.3, 0.4) is 0 Å². The van der Waals surface area contributed by atoms with Gasteiger partial charge in [0.1, 0.15) is 5.75 Å². The lowest BCUT2D eigenvalue weighted by Crippen LogP contribution is -2.18. The van der Waals surface area contributed by atoms with Gasteiger partial charge in [-0.15, -0.1) is 13.2 Å². The van der Waals surface area contributed by atoms with E-state index in [0.717, 1.165) is 0 Å². The number of nitriles is 1. The van der Waals surface area contributed by atoms with Gasteiger partial charge in [-0.05, 0) is 24.1 Å². The first-order chi connectivity index (χ1) is 6.94. The van der Waals surface area contributed by atoms with E-state index in [-0.39, 0.29) is 12.2 Å². The van der Waals surface area contributed by atoms with Crippen LogP contribution in [0.4, 0.5) is 13.2 Å². The number of alkyl halides is 3. The van der Waals surface area contributed by atoms with E-state index < -0.39 is 6.36 Å². The van der Waals surface area contributed by atoms with E-state index in [1.807, 2.05) is 6.07 Å². The van der Waals surface area contributed by atoms with Crippen molar-refractivity contribution < 1.29 is 17.9 Å². The van der Waals surface area contributed by atoms with Crippen LogP contribution in [-0.4, -0.2) is 6.36 Å². The van der Waals surface area contributed by atoms with Crippen molar-refractivity contribution in [3.63, 3.8) is 0 Å². The Morgan fingerprint density at radius 3 is 2.60 bits per heavy atom. The smallest absolute Gasteiger partial charge is 0.406 e. The standard InChI is InChI=1S/C10H8F3NO/c1-7-8(5-6-14)3-2-4-9(7)15-10(11,12)13/h2-4H,5H2,1H3. The fourth-order valence-electron chi connectivity index (χ4n) is 1.17. The molecule has 2 nitrogen and oxygen atoms in total. The summed E-state index contributed by atoms with van der Waals surface area (Å²) in [7, 11) is 0. The molecule has 0 aliphatic carbocycles. The maximum atomic E-state index is 12.0. The van der Waals surface area contributed by atoms with Crippen LogP contribution in [0.15, 0.2) is 18.2 Å². The van der Waals surface area contributed by atoms with Crippen molar-refractivity contribution in [1.82, 2.24) is 0 Å². The highest BCUT2D eigenvalue weighted by atomic mass is 19.4. The predicted octanol–water partition coefficient (Wildman–Crippen LogP) is 2.96. The Balaban J connectivity index is 3.00. The molecule has 0 saturated carbocycles. The fraction of sp³-hybridized carbons (Fsp3) is 0.300. The van der Waals surface area contributed by atoms with Crippen molar-refractivity contribution in [2.75, 3.05) is 0 Å². The zero-order chi connectivity index (χ0) is 11.5. The van der Waals surface area contributed by atoms with E-state index in [9.17, 15) is 13.2 Å². The average molecular weight is 215 g/mol. The van der Waals surface area contributed by atoms with Gasteiger partial charge >= 0.3 is 6.36 Å². The summed E-state index contributed by atoms with van der Waals surface area (Å²) in [6, 6.07) is 6.13. The van der Waals surface area contributed by atoms with Gasteiger partial charge in [0.15, 0.2) is 0 Å². The normalized spacial score (nSPS) is 10.9. The lowest BCUT2D eigenvalue weighted by Gasteiger charge is -2.12. The van der Waals surface area contributed by atoms with Gasteiger partial charge in [0.25, 0.3) is 0 Å². The second-order valence-corrected chi connectivity index (χ2v) is 2.92. The largest absolute Gasteiger partial charge is 0.573 e. The summed E-state index contributed by atoms with van der Waals surface area (Å²) < 4.78 is 39.7. The van der Waals surface area contributed by atoms with E-state index in [1.54, 1.807) is 6.07 Å². The molecule has 0 aliphatic rings. The molecule has 0 unspecified atom stereocenters. The molecule has 1 aromatic rings. The number of ether oxygens (including phenoxy) is 1. The van der Waals surface area contributed by atoms with Crippen molar-refractivity contribution in [2.45, 2.75) is 19.7 Å². The summed E-state index contributed by atoms with van der Waals surface area (Å²) in [5.74, 6) is -0.254. The predicted molar refractivity (Wildman–Crippen MR) is 47.2 cm³/mol. The maximum Gasteiger partial charge on any atom is 0.573 e. The van der Waals surface area contributed by atoms with Crippen molar-refractivity contribution in [1.29, 1.82) is 5.26 Å².